The average molecular weight is 267 g/mol. The zero-order valence-corrected chi connectivity index (χ0v) is 10.9. The Bertz CT molecular complexity index is 595. The average Bonchev–Trinajstić information content (AvgIpc) is 2.78. The number of aryl methyl sites for hydroxylation is 1. The largest absolute Gasteiger partial charge is 0.311 e. The van der Waals surface area contributed by atoms with Crippen LogP contribution in [0.5, 0.6) is 0 Å². The first kappa shape index (κ1) is 11.0. The minimum atomic E-state index is -0.0737. The van der Waals surface area contributed by atoms with Gasteiger partial charge in [-0.25, -0.2) is 4.98 Å². The highest BCUT2D eigenvalue weighted by atomic mass is 35.5. The number of alkyl halides is 1. The van der Waals surface area contributed by atoms with Gasteiger partial charge in [-0.2, -0.15) is 0 Å². The Morgan fingerprint density at radius 1 is 1.53 bits per heavy atom. The molecule has 3 rings (SSSR count). The van der Waals surface area contributed by atoms with Crippen molar-refractivity contribution in [2.24, 2.45) is 0 Å². The van der Waals surface area contributed by atoms with E-state index in [1.165, 1.54) is 0 Å². The fourth-order valence-corrected chi connectivity index (χ4v) is 3.19. The third-order valence-electron chi connectivity index (χ3n) is 2.87. The maximum Gasteiger partial charge on any atom is 0.228 e. The number of aromatic nitrogens is 1. The minimum absolute atomic E-state index is 0.0737. The van der Waals surface area contributed by atoms with Crippen molar-refractivity contribution < 1.29 is 4.79 Å². The first-order valence-electron chi connectivity index (χ1n) is 5.45. The molecule has 1 unspecified atom stereocenters. The predicted octanol–water partition coefficient (Wildman–Crippen LogP) is 2.95. The molecule has 17 heavy (non-hydrogen) atoms. The zero-order chi connectivity index (χ0) is 12.0. The normalized spacial score (nSPS) is 20.5. The number of hydrogen-bond donors (Lipinski definition) is 0. The molecule has 0 radical (unpaired) electrons. The van der Waals surface area contributed by atoms with Gasteiger partial charge in [0.05, 0.1) is 20.6 Å². The molecule has 2 heterocycles. The summed E-state index contributed by atoms with van der Waals surface area (Å²) in [5.41, 5.74) is 1.85. The van der Waals surface area contributed by atoms with E-state index < -0.39 is 0 Å². The van der Waals surface area contributed by atoms with Crippen LogP contribution in [0.4, 0.5) is 5.69 Å². The third-order valence-corrected chi connectivity index (χ3v) is 4.11. The van der Waals surface area contributed by atoms with Crippen molar-refractivity contribution in [3.8, 4) is 0 Å². The Kier molecular flexibility index (Phi) is 2.56. The Morgan fingerprint density at radius 3 is 3.06 bits per heavy atom. The van der Waals surface area contributed by atoms with E-state index in [0.29, 0.717) is 13.0 Å². The molecule has 0 bridgehead atoms. The Morgan fingerprint density at radius 2 is 2.35 bits per heavy atom. The number of fused-ring (bicyclic) bond motifs is 1. The highest BCUT2D eigenvalue weighted by Crippen LogP contribution is 2.29. The molecular formula is C12H11ClN2OS. The van der Waals surface area contributed by atoms with Crippen LogP contribution in [0.2, 0.25) is 0 Å². The van der Waals surface area contributed by atoms with Crippen LogP contribution in [0.1, 0.15) is 11.4 Å². The summed E-state index contributed by atoms with van der Waals surface area (Å²) in [6, 6.07) is 5.95. The van der Waals surface area contributed by atoms with Crippen molar-refractivity contribution in [3.63, 3.8) is 0 Å². The molecule has 3 nitrogen and oxygen atoms in total. The molecule has 1 atom stereocenters. The summed E-state index contributed by atoms with van der Waals surface area (Å²) in [5, 5.41) is 0.968. The zero-order valence-electron chi connectivity index (χ0n) is 9.31. The molecule has 1 aromatic carbocycles. The second kappa shape index (κ2) is 3.96. The number of thiazole rings is 1. The van der Waals surface area contributed by atoms with Gasteiger partial charge in [0.15, 0.2) is 0 Å². The highest BCUT2D eigenvalue weighted by Gasteiger charge is 2.29. The Hall–Kier alpha value is -1.13. The van der Waals surface area contributed by atoms with E-state index >= 15 is 0 Å². The van der Waals surface area contributed by atoms with Crippen LogP contribution < -0.4 is 4.90 Å². The molecule has 1 aliphatic heterocycles. The van der Waals surface area contributed by atoms with E-state index in [-0.39, 0.29) is 11.3 Å². The van der Waals surface area contributed by atoms with Crippen molar-refractivity contribution in [1.29, 1.82) is 0 Å². The van der Waals surface area contributed by atoms with Gasteiger partial charge >= 0.3 is 0 Å². The molecule has 0 saturated carbocycles. The summed E-state index contributed by atoms with van der Waals surface area (Å²) in [7, 11) is 0. The lowest BCUT2D eigenvalue weighted by molar-refractivity contribution is -0.117. The number of hydrogen-bond acceptors (Lipinski definition) is 3. The molecule has 2 aromatic rings. The second-order valence-electron chi connectivity index (χ2n) is 4.19. The number of halogens is 1. The molecule has 88 valence electrons. The SMILES string of the molecule is Cc1nc2cc(N3CC(Cl)CC3=O)ccc2s1. The summed E-state index contributed by atoms with van der Waals surface area (Å²) >= 11 is 7.66. The quantitative estimate of drug-likeness (QED) is 0.744. The number of anilines is 1. The van der Waals surface area contributed by atoms with Gasteiger partial charge in [-0.05, 0) is 25.1 Å². The van der Waals surface area contributed by atoms with Crippen LogP contribution in [0.3, 0.4) is 0 Å². The van der Waals surface area contributed by atoms with Gasteiger partial charge in [0.25, 0.3) is 0 Å². The van der Waals surface area contributed by atoms with Crippen LogP contribution in [0.15, 0.2) is 18.2 Å². The molecule has 1 amide bonds. The van der Waals surface area contributed by atoms with E-state index in [9.17, 15) is 4.79 Å². The predicted molar refractivity (Wildman–Crippen MR) is 71.0 cm³/mol. The van der Waals surface area contributed by atoms with Gasteiger partial charge < -0.3 is 4.90 Å². The molecule has 1 fully saturated rings. The number of benzene rings is 1. The number of carbonyl (C=O) groups excluding carboxylic acids is 1. The summed E-state index contributed by atoms with van der Waals surface area (Å²) in [6.45, 7) is 2.58. The van der Waals surface area contributed by atoms with Crippen molar-refractivity contribution >= 4 is 44.7 Å². The second-order valence-corrected chi connectivity index (χ2v) is 6.04. The van der Waals surface area contributed by atoms with Gasteiger partial charge in [0, 0.05) is 18.7 Å². The molecule has 1 aromatic heterocycles. The summed E-state index contributed by atoms with van der Waals surface area (Å²) in [6.07, 6.45) is 0.426. The van der Waals surface area contributed by atoms with Crippen LogP contribution in [0.25, 0.3) is 10.2 Å². The van der Waals surface area contributed by atoms with E-state index in [1.807, 2.05) is 25.1 Å². The smallest absolute Gasteiger partial charge is 0.228 e. The molecule has 1 saturated heterocycles. The number of rotatable bonds is 1. The van der Waals surface area contributed by atoms with Gasteiger partial charge in [0.1, 0.15) is 0 Å². The topological polar surface area (TPSA) is 33.2 Å². The lowest BCUT2D eigenvalue weighted by Gasteiger charge is -2.15. The molecular weight excluding hydrogens is 256 g/mol. The third kappa shape index (κ3) is 1.91. The summed E-state index contributed by atoms with van der Waals surface area (Å²) < 4.78 is 1.15. The Balaban J connectivity index is 2.03. The molecule has 0 spiro atoms. The minimum Gasteiger partial charge on any atom is -0.311 e. The number of carbonyl (C=O) groups is 1. The first-order chi connectivity index (χ1) is 8.13. The van der Waals surface area contributed by atoms with E-state index in [4.69, 9.17) is 11.6 Å². The molecule has 5 heteroatoms. The number of amides is 1. The van der Waals surface area contributed by atoms with Crippen molar-refractivity contribution in [1.82, 2.24) is 4.98 Å². The van der Waals surface area contributed by atoms with Crippen LogP contribution >= 0.6 is 22.9 Å². The van der Waals surface area contributed by atoms with Gasteiger partial charge in [-0.1, -0.05) is 0 Å². The summed E-state index contributed by atoms with van der Waals surface area (Å²) in [4.78, 5) is 17.9. The van der Waals surface area contributed by atoms with E-state index in [1.54, 1.807) is 16.2 Å². The number of nitrogens with zero attached hydrogens (tertiary/aromatic N) is 2. The monoisotopic (exact) mass is 266 g/mol. The standard InChI is InChI=1S/C12H11ClN2OS/c1-7-14-10-5-9(2-3-11(10)17-7)15-6-8(13)4-12(15)16/h2-3,5,8H,4,6H2,1H3. The first-order valence-corrected chi connectivity index (χ1v) is 6.70. The maximum absolute atomic E-state index is 11.8. The van der Waals surface area contributed by atoms with Gasteiger partial charge in [-0.3, -0.25) is 4.79 Å². The van der Waals surface area contributed by atoms with Crippen molar-refractivity contribution in [3.05, 3.63) is 23.2 Å². The Labute approximate surface area is 108 Å². The lowest BCUT2D eigenvalue weighted by Crippen LogP contribution is -2.24. The van der Waals surface area contributed by atoms with Crippen LogP contribution in [-0.4, -0.2) is 22.8 Å². The maximum atomic E-state index is 11.8. The van der Waals surface area contributed by atoms with Gasteiger partial charge in [0.2, 0.25) is 5.91 Å². The summed E-state index contributed by atoms with van der Waals surface area (Å²) in [5.74, 6) is 0.0938. The van der Waals surface area contributed by atoms with Crippen molar-refractivity contribution in [2.45, 2.75) is 18.7 Å². The highest BCUT2D eigenvalue weighted by molar-refractivity contribution is 7.18. The fraction of sp³-hybridized carbons (Fsp3) is 0.333. The van der Waals surface area contributed by atoms with Crippen molar-refractivity contribution in [2.75, 3.05) is 11.4 Å². The van der Waals surface area contributed by atoms with Crippen LogP contribution in [-0.2, 0) is 4.79 Å². The molecule has 1 aliphatic rings. The van der Waals surface area contributed by atoms with E-state index in [2.05, 4.69) is 4.98 Å². The van der Waals surface area contributed by atoms with Crippen LogP contribution in [0, 0.1) is 6.92 Å². The molecule has 0 N–H and O–H groups in total. The fourth-order valence-electron chi connectivity index (χ4n) is 2.11. The lowest BCUT2D eigenvalue weighted by atomic mass is 10.3. The van der Waals surface area contributed by atoms with E-state index in [0.717, 1.165) is 20.9 Å². The molecule has 0 aliphatic carbocycles. The van der Waals surface area contributed by atoms with Gasteiger partial charge in [-0.15, -0.1) is 22.9 Å².